The Kier molecular flexibility index (Phi) is 2.00. The number of nitrogens with two attached hydrogens (primary N) is 1. The zero-order valence-corrected chi connectivity index (χ0v) is 7.86. The molecule has 1 heterocycles. The molecule has 0 bridgehead atoms. The molecule has 3 nitrogen and oxygen atoms in total. The molecule has 72 valence electrons. The second kappa shape index (κ2) is 3.18. The lowest BCUT2D eigenvalue weighted by Crippen LogP contribution is -2.23. The van der Waals surface area contributed by atoms with E-state index in [1.165, 1.54) is 0 Å². The number of carbonyl (C=O) groups is 1. The van der Waals surface area contributed by atoms with Gasteiger partial charge in [0.25, 0.3) is 5.91 Å². The first-order valence-corrected chi connectivity index (χ1v) is 4.51. The molecule has 0 saturated carbocycles. The van der Waals surface area contributed by atoms with Gasteiger partial charge in [0, 0.05) is 18.8 Å². The van der Waals surface area contributed by atoms with Crippen molar-refractivity contribution in [3.63, 3.8) is 0 Å². The van der Waals surface area contributed by atoms with E-state index in [9.17, 15) is 4.79 Å². The van der Waals surface area contributed by atoms with Crippen LogP contribution in [0.3, 0.4) is 0 Å². The van der Waals surface area contributed by atoms with Crippen molar-refractivity contribution >= 4 is 11.6 Å². The molecule has 1 aromatic carbocycles. The summed E-state index contributed by atoms with van der Waals surface area (Å²) in [6.07, 6.45) is 1.72. The summed E-state index contributed by atoms with van der Waals surface area (Å²) >= 11 is 0. The summed E-state index contributed by atoms with van der Waals surface area (Å²) in [7, 11) is 0. The highest BCUT2D eigenvalue weighted by Crippen LogP contribution is 2.26. The van der Waals surface area contributed by atoms with E-state index in [0.717, 1.165) is 5.56 Å². The normalized spacial score (nSPS) is 14.3. The fraction of sp³-hybridized carbons (Fsp3) is 0.182. The standard InChI is InChI=1S/C11H12N2O/c1-2-6-13-7-8-4-3-5-9(12)10(8)11(13)14/h2-5H,1,6-7,12H2. The van der Waals surface area contributed by atoms with Crippen molar-refractivity contribution in [1.82, 2.24) is 4.90 Å². The Labute approximate surface area is 82.8 Å². The minimum Gasteiger partial charge on any atom is -0.398 e. The maximum Gasteiger partial charge on any atom is 0.256 e. The van der Waals surface area contributed by atoms with Gasteiger partial charge in [-0.3, -0.25) is 4.79 Å². The molecule has 1 aliphatic heterocycles. The molecule has 0 fully saturated rings. The van der Waals surface area contributed by atoms with Crippen molar-refractivity contribution < 1.29 is 4.79 Å². The van der Waals surface area contributed by atoms with Crippen LogP contribution in [0, 0.1) is 0 Å². The van der Waals surface area contributed by atoms with Crippen LogP contribution in [0.25, 0.3) is 0 Å². The van der Waals surface area contributed by atoms with E-state index in [1.807, 2.05) is 12.1 Å². The van der Waals surface area contributed by atoms with Crippen molar-refractivity contribution in [2.24, 2.45) is 0 Å². The Morgan fingerprint density at radius 1 is 1.57 bits per heavy atom. The van der Waals surface area contributed by atoms with E-state index in [0.29, 0.717) is 24.3 Å². The average Bonchev–Trinajstić information content (AvgIpc) is 2.46. The highest BCUT2D eigenvalue weighted by Gasteiger charge is 2.27. The summed E-state index contributed by atoms with van der Waals surface area (Å²) in [5.41, 5.74) is 7.99. The van der Waals surface area contributed by atoms with Crippen LogP contribution in [0.1, 0.15) is 15.9 Å². The molecule has 0 unspecified atom stereocenters. The Morgan fingerprint density at radius 3 is 3.00 bits per heavy atom. The summed E-state index contributed by atoms with van der Waals surface area (Å²) in [5, 5.41) is 0. The molecule has 2 rings (SSSR count). The Morgan fingerprint density at radius 2 is 2.36 bits per heavy atom. The first kappa shape index (κ1) is 8.81. The zero-order valence-electron chi connectivity index (χ0n) is 7.86. The lowest BCUT2D eigenvalue weighted by atomic mass is 10.1. The number of fused-ring (bicyclic) bond motifs is 1. The van der Waals surface area contributed by atoms with Gasteiger partial charge in [0.15, 0.2) is 0 Å². The average molecular weight is 188 g/mol. The van der Waals surface area contributed by atoms with Crippen LogP contribution >= 0.6 is 0 Å². The third kappa shape index (κ3) is 1.18. The molecule has 0 aliphatic carbocycles. The lowest BCUT2D eigenvalue weighted by molar-refractivity contribution is 0.0797. The Balaban J connectivity index is 2.41. The van der Waals surface area contributed by atoms with E-state index < -0.39 is 0 Å². The van der Waals surface area contributed by atoms with Crippen molar-refractivity contribution in [2.45, 2.75) is 6.54 Å². The lowest BCUT2D eigenvalue weighted by Gasteiger charge is -2.11. The maximum atomic E-state index is 11.8. The molecule has 3 heteroatoms. The predicted octanol–water partition coefficient (Wildman–Crippen LogP) is 1.41. The Bertz CT molecular complexity index is 398. The van der Waals surface area contributed by atoms with Crippen molar-refractivity contribution in [3.05, 3.63) is 42.0 Å². The van der Waals surface area contributed by atoms with Crippen LogP contribution in [-0.4, -0.2) is 17.4 Å². The highest BCUT2D eigenvalue weighted by molar-refractivity contribution is 6.03. The number of carbonyl (C=O) groups excluding carboxylic acids is 1. The molecule has 0 saturated heterocycles. The fourth-order valence-electron chi connectivity index (χ4n) is 1.75. The predicted molar refractivity (Wildman–Crippen MR) is 55.8 cm³/mol. The van der Waals surface area contributed by atoms with E-state index in [1.54, 1.807) is 17.0 Å². The summed E-state index contributed by atoms with van der Waals surface area (Å²) < 4.78 is 0. The smallest absolute Gasteiger partial charge is 0.256 e. The van der Waals surface area contributed by atoms with E-state index in [4.69, 9.17) is 5.73 Å². The quantitative estimate of drug-likeness (QED) is 0.563. The number of nitrogens with zero attached hydrogens (tertiary/aromatic N) is 1. The molecule has 0 atom stereocenters. The molecule has 14 heavy (non-hydrogen) atoms. The molecular formula is C11H12N2O. The third-order valence-electron chi connectivity index (χ3n) is 2.39. The number of anilines is 1. The largest absolute Gasteiger partial charge is 0.398 e. The SMILES string of the molecule is C=CCN1Cc2cccc(N)c2C1=O. The first-order chi connectivity index (χ1) is 6.74. The van der Waals surface area contributed by atoms with E-state index in [-0.39, 0.29) is 5.91 Å². The molecule has 1 aliphatic rings. The van der Waals surface area contributed by atoms with Gasteiger partial charge in [-0.15, -0.1) is 6.58 Å². The summed E-state index contributed by atoms with van der Waals surface area (Å²) in [5.74, 6) is 0.0120. The molecule has 1 amide bonds. The molecule has 2 N–H and O–H groups in total. The minimum absolute atomic E-state index is 0.0120. The van der Waals surface area contributed by atoms with Crippen LogP contribution in [0.15, 0.2) is 30.9 Å². The van der Waals surface area contributed by atoms with Gasteiger partial charge in [-0.2, -0.15) is 0 Å². The van der Waals surface area contributed by atoms with Gasteiger partial charge in [0.05, 0.1) is 5.56 Å². The van der Waals surface area contributed by atoms with Gasteiger partial charge in [-0.1, -0.05) is 18.2 Å². The van der Waals surface area contributed by atoms with Crippen molar-refractivity contribution in [2.75, 3.05) is 12.3 Å². The van der Waals surface area contributed by atoms with Gasteiger partial charge in [0.2, 0.25) is 0 Å². The van der Waals surface area contributed by atoms with Gasteiger partial charge < -0.3 is 10.6 Å². The number of hydrogen-bond acceptors (Lipinski definition) is 2. The first-order valence-electron chi connectivity index (χ1n) is 4.51. The second-order valence-electron chi connectivity index (χ2n) is 3.36. The van der Waals surface area contributed by atoms with E-state index in [2.05, 4.69) is 6.58 Å². The molecule has 1 aromatic rings. The maximum absolute atomic E-state index is 11.8. The number of amides is 1. The minimum atomic E-state index is 0.0120. The van der Waals surface area contributed by atoms with Crippen LogP contribution in [-0.2, 0) is 6.54 Å². The van der Waals surface area contributed by atoms with Crippen LogP contribution in [0.5, 0.6) is 0 Å². The van der Waals surface area contributed by atoms with Gasteiger partial charge in [0.1, 0.15) is 0 Å². The number of nitrogen functional groups attached to an aromatic ring is 1. The van der Waals surface area contributed by atoms with Crippen molar-refractivity contribution in [3.8, 4) is 0 Å². The zero-order chi connectivity index (χ0) is 10.1. The van der Waals surface area contributed by atoms with Crippen LogP contribution in [0.4, 0.5) is 5.69 Å². The molecule has 0 spiro atoms. The molecule has 0 radical (unpaired) electrons. The Hall–Kier alpha value is -1.77. The van der Waals surface area contributed by atoms with Gasteiger partial charge in [-0.05, 0) is 11.6 Å². The van der Waals surface area contributed by atoms with Gasteiger partial charge in [-0.25, -0.2) is 0 Å². The topological polar surface area (TPSA) is 46.3 Å². The van der Waals surface area contributed by atoms with E-state index >= 15 is 0 Å². The molecule has 0 aromatic heterocycles. The number of hydrogen-bond donors (Lipinski definition) is 1. The second-order valence-corrected chi connectivity index (χ2v) is 3.36. The highest BCUT2D eigenvalue weighted by atomic mass is 16.2. The number of rotatable bonds is 2. The number of benzene rings is 1. The third-order valence-corrected chi connectivity index (χ3v) is 2.39. The fourth-order valence-corrected chi connectivity index (χ4v) is 1.75. The van der Waals surface area contributed by atoms with Crippen LogP contribution < -0.4 is 5.73 Å². The summed E-state index contributed by atoms with van der Waals surface area (Å²) in [4.78, 5) is 13.5. The summed E-state index contributed by atoms with van der Waals surface area (Å²) in [6, 6.07) is 5.57. The van der Waals surface area contributed by atoms with Crippen molar-refractivity contribution in [1.29, 1.82) is 0 Å². The summed E-state index contributed by atoms with van der Waals surface area (Å²) in [6.45, 7) is 4.84. The van der Waals surface area contributed by atoms with Crippen LogP contribution in [0.2, 0.25) is 0 Å². The monoisotopic (exact) mass is 188 g/mol. The van der Waals surface area contributed by atoms with Gasteiger partial charge >= 0.3 is 0 Å². The molecular weight excluding hydrogens is 176 g/mol.